The summed E-state index contributed by atoms with van der Waals surface area (Å²) < 4.78 is 0. The number of benzene rings is 1. The first-order valence-electron chi connectivity index (χ1n) is 5.95. The Labute approximate surface area is 107 Å². The van der Waals surface area contributed by atoms with Gasteiger partial charge in [0, 0.05) is 18.7 Å². The molecule has 1 aromatic rings. The second kappa shape index (κ2) is 4.96. The van der Waals surface area contributed by atoms with E-state index in [-0.39, 0.29) is 5.91 Å². The van der Waals surface area contributed by atoms with Gasteiger partial charge < -0.3 is 10.6 Å². The minimum absolute atomic E-state index is 0.187. The molecule has 1 aliphatic rings. The molecule has 0 saturated carbocycles. The number of amides is 1. The zero-order valence-electron chi connectivity index (χ0n) is 10.0. The minimum atomic E-state index is 0.187. The van der Waals surface area contributed by atoms with E-state index < -0.39 is 0 Å². The molecule has 0 atom stereocenters. The van der Waals surface area contributed by atoms with Gasteiger partial charge in [0.05, 0.1) is 10.7 Å². The Morgan fingerprint density at radius 2 is 2.06 bits per heavy atom. The molecule has 1 saturated heterocycles. The van der Waals surface area contributed by atoms with E-state index in [0.29, 0.717) is 17.1 Å². The Morgan fingerprint density at radius 1 is 1.29 bits per heavy atom. The maximum Gasteiger partial charge on any atom is 0.226 e. The fourth-order valence-electron chi connectivity index (χ4n) is 2.21. The number of hydrogen-bond acceptors (Lipinski definition) is 2. The Balaban J connectivity index is 2.37. The van der Waals surface area contributed by atoms with Gasteiger partial charge in [0.2, 0.25) is 5.91 Å². The third kappa shape index (κ3) is 2.55. The maximum absolute atomic E-state index is 12.0. The summed E-state index contributed by atoms with van der Waals surface area (Å²) in [4.78, 5) is 13.9. The van der Waals surface area contributed by atoms with Crippen LogP contribution in [0.3, 0.4) is 0 Å². The maximum atomic E-state index is 12.0. The third-order valence-corrected chi connectivity index (χ3v) is 3.51. The van der Waals surface area contributed by atoms with Gasteiger partial charge in [0.25, 0.3) is 0 Å². The molecule has 1 heterocycles. The fraction of sp³-hybridized carbons (Fsp3) is 0.462. The molecule has 0 bridgehead atoms. The van der Waals surface area contributed by atoms with Crippen molar-refractivity contribution in [2.24, 2.45) is 0 Å². The van der Waals surface area contributed by atoms with Crippen LogP contribution in [-0.2, 0) is 4.79 Å². The Hall–Kier alpha value is -1.22. The lowest BCUT2D eigenvalue weighted by molar-refractivity contribution is -0.118. The van der Waals surface area contributed by atoms with Gasteiger partial charge in [-0.25, -0.2) is 0 Å². The minimum Gasteiger partial charge on any atom is -0.397 e. The van der Waals surface area contributed by atoms with E-state index in [1.54, 1.807) is 6.07 Å². The molecule has 0 spiro atoms. The van der Waals surface area contributed by atoms with E-state index in [9.17, 15) is 4.79 Å². The number of carbonyl (C=O) groups is 1. The zero-order chi connectivity index (χ0) is 12.4. The number of halogens is 1. The first kappa shape index (κ1) is 12.2. The zero-order valence-corrected chi connectivity index (χ0v) is 10.8. The van der Waals surface area contributed by atoms with Crippen molar-refractivity contribution in [2.45, 2.75) is 32.6 Å². The van der Waals surface area contributed by atoms with Gasteiger partial charge in [-0.2, -0.15) is 0 Å². The van der Waals surface area contributed by atoms with Gasteiger partial charge in [0.15, 0.2) is 0 Å². The Bertz CT molecular complexity index is 445. The molecule has 1 aliphatic heterocycles. The van der Waals surface area contributed by atoms with Crippen LogP contribution in [0.1, 0.15) is 31.2 Å². The Morgan fingerprint density at radius 3 is 2.82 bits per heavy atom. The van der Waals surface area contributed by atoms with Gasteiger partial charge in [-0.3, -0.25) is 4.79 Å². The second-order valence-corrected chi connectivity index (χ2v) is 4.92. The largest absolute Gasteiger partial charge is 0.397 e. The molecule has 0 aliphatic carbocycles. The van der Waals surface area contributed by atoms with Crippen LogP contribution >= 0.6 is 11.6 Å². The lowest BCUT2D eigenvalue weighted by atomic mass is 10.1. The lowest BCUT2D eigenvalue weighted by Gasteiger charge is -2.23. The average molecular weight is 253 g/mol. The number of hydrogen-bond donors (Lipinski definition) is 1. The van der Waals surface area contributed by atoms with Crippen LogP contribution in [0.2, 0.25) is 5.02 Å². The summed E-state index contributed by atoms with van der Waals surface area (Å²) in [7, 11) is 0. The van der Waals surface area contributed by atoms with Crippen LogP contribution in [0.25, 0.3) is 0 Å². The van der Waals surface area contributed by atoms with Crippen LogP contribution in [0.15, 0.2) is 12.1 Å². The van der Waals surface area contributed by atoms with E-state index in [1.807, 2.05) is 17.9 Å². The van der Waals surface area contributed by atoms with Crippen molar-refractivity contribution in [1.29, 1.82) is 0 Å². The first-order valence-corrected chi connectivity index (χ1v) is 6.33. The van der Waals surface area contributed by atoms with Crippen molar-refractivity contribution in [1.82, 2.24) is 0 Å². The number of anilines is 2. The quantitative estimate of drug-likeness (QED) is 0.781. The van der Waals surface area contributed by atoms with Gasteiger partial charge in [-0.1, -0.05) is 18.0 Å². The topological polar surface area (TPSA) is 46.3 Å². The van der Waals surface area contributed by atoms with Crippen LogP contribution < -0.4 is 10.6 Å². The van der Waals surface area contributed by atoms with Crippen LogP contribution in [0, 0.1) is 6.92 Å². The van der Waals surface area contributed by atoms with E-state index in [1.165, 1.54) is 0 Å². The fourth-order valence-corrected chi connectivity index (χ4v) is 2.42. The molecule has 17 heavy (non-hydrogen) atoms. The molecule has 1 amide bonds. The van der Waals surface area contributed by atoms with Crippen LogP contribution in [0.4, 0.5) is 11.4 Å². The van der Waals surface area contributed by atoms with Gasteiger partial charge in [-0.05, 0) is 37.5 Å². The predicted molar refractivity (Wildman–Crippen MR) is 71.4 cm³/mol. The van der Waals surface area contributed by atoms with Crippen molar-refractivity contribution >= 4 is 28.9 Å². The molecule has 0 radical (unpaired) electrons. The molecule has 4 heteroatoms. The first-order chi connectivity index (χ1) is 8.09. The van der Waals surface area contributed by atoms with E-state index in [2.05, 4.69) is 0 Å². The number of carbonyl (C=O) groups excluding carboxylic acids is 1. The van der Waals surface area contributed by atoms with Gasteiger partial charge in [0.1, 0.15) is 0 Å². The van der Waals surface area contributed by atoms with Crippen molar-refractivity contribution in [3.63, 3.8) is 0 Å². The highest BCUT2D eigenvalue weighted by molar-refractivity contribution is 6.33. The molecule has 1 fully saturated rings. The molecule has 3 nitrogen and oxygen atoms in total. The van der Waals surface area contributed by atoms with Crippen LogP contribution in [-0.4, -0.2) is 12.5 Å². The molecule has 2 N–H and O–H groups in total. The van der Waals surface area contributed by atoms with Crippen molar-refractivity contribution in [2.75, 3.05) is 17.2 Å². The second-order valence-electron chi connectivity index (χ2n) is 4.52. The molecular weight excluding hydrogens is 236 g/mol. The van der Waals surface area contributed by atoms with E-state index in [0.717, 1.165) is 37.1 Å². The standard InChI is InChI=1S/C13H17ClN2O/c1-9-7-10(14)11(15)8-12(9)16-6-4-2-3-5-13(16)17/h7-8H,2-6,15H2,1H3. The smallest absolute Gasteiger partial charge is 0.226 e. The number of nitrogens with zero attached hydrogens (tertiary/aromatic N) is 1. The van der Waals surface area contributed by atoms with Crippen molar-refractivity contribution < 1.29 is 4.79 Å². The van der Waals surface area contributed by atoms with Gasteiger partial charge in [-0.15, -0.1) is 0 Å². The Kier molecular flexibility index (Phi) is 3.57. The third-order valence-electron chi connectivity index (χ3n) is 3.18. The molecule has 92 valence electrons. The highest BCUT2D eigenvalue weighted by Gasteiger charge is 2.20. The average Bonchev–Trinajstić information content (AvgIpc) is 2.49. The lowest BCUT2D eigenvalue weighted by Crippen LogP contribution is -2.30. The summed E-state index contributed by atoms with van der Waals surface area (Å²) in [6.45, 7) is 2.74. The SMILES string of the molecule is Cc1cc(Cl)c(N)cc1N1CCCCCC1=O. The predicted octanol–water partition coefficient (Wildman–Crippen LogP) is 3.14. The van der Waals surface area contributed by atoms with E-state index >= 15 is 0 Å². The number of nitrogens with two attached hydrogens (primary N) is 1. The van der Waals surface area contributed by atoms with Crippen LogP contribution in [0.5, 0.6) is 0 Å². The molecule has 2 rings (SSSR count). The monoisotopic (exact) mass is 252 g/mol. The highest BCUT2D eigenvalue weighted by atomic mass is 35.5. The summed E-state index contributed by atoms with van der Waals surface area (Å²) in [5.74, 6) is 0.187. The summed E-state index contributed by atoms with van der Waals surface area (Å²) in [6.07, 6.45) is 3.78. The number of nitrogen functional groups attached to an aromatic ring is 1. The molecule has 0 aromatic heterocycles. The van der Waals surface area contributed by atoms with Crippen molar-refractivity contribution in [3.8, 4) is 0 Å². The molecule has 1 aromatic carbocycles. The summed E-state index contributed by atoms with van der Waals surface area (Å²) in [5, 5.41) is 0.550. The summed E-state index contributed by atoms with van der Waals surface area (Å²) in [6, 6.07) is 3.63. The number of rotatable bonds is 1. The molecular formula is C13H17ClN2O. The molecule has 0 unspecified atom stereocenters. The summed E-state index contributed by atoms with van der Waals surface area (Å²) in [5.41, 5.74) is 8.24. The van der Waals surface area contributed by atoms with Crippen molar-refractivity contribution in [3.05, 3.63) is 22.7 Å². The number of aryl methyl sites for hydroxylation is 1. The normalized spacial score (nSPS) is 17.1. The highest BCUT2D eigenvalue weighted by Crippen LogP contribution is 2.30. The van der Waals surface area contributed by atoms with E-state index in [4.69, 9.17) is 17.3 Å². The van der Waals surface area contributed by atoms with Gasteiger partial charge >= 0.3 is 0 Å². The summed E-state index contributed by atoms with van der Waals surface area (Å²) >= 11 is 5.97.